The van der Waals surface area contributed by atoms with Gasteiger partial charge in [0.15, 0.2) is 5.16 Å². The molecule has 0 atom stereocenters. The van der Waals surface area contributed by atoms with Gasteiger partial charge in [0, 0.05) is 37.6 Å². The summed E-state index contributed by atoms with van der Waals surface area (Å²) in [5, 5.41) is 10.4. The molecule has 0 aliphatic carbocycles. The minimum atomic E-state index is -0.0730. The molecule has 3 aromatic rings. The van der Waals surface area contributed by atoms with E-state index in [-0.39, 0.29) is 5.91 Å². The Labute approximate surface area is 157 Å². The van der Waals surface area contributed by atoms with Crippen molar-refractivity contribution >= 4 is 23.4 Å². The van der Waals surface area contributed by atoms with E-state index < -0.39 is 0 Å². The van der Waals surface area contributed by atoms with Crippen molar-refractivity contribution in [3.05, 3.63) is 71.5 Å². The van der Waals surface area contributed by atoms with Crippen LogP contribution in [0.3, 0.4) is 0 Å². The van der Waals surface area contributed by atoms with Crippen molar-refractivity contribution in [2.75, 3.05) is 19.0 Å². The first-order valence-corrected chi connectivity index (χ1v) is 9.22. The molecule has 2 N–H and O–H groups in total. The van der Waals surface area contributed by atoms with E-state index in [0.717, 1.165) is 27.7 Å². The Morgan fingerprint density at radius 3 is 2.38 bits per heavy atom. The predicted octanol–water partition coefficient (Wildman–Crippen LogP) is 3.09. The van der Waals surface area contributed by atoms with E-state index in [1.165, 1.54) is 6.33 Å². The SMILES string of the molecule is CN(C)c1ccc(CNC(=O)c2ccc(CSc3ncn[nH]3)cc2)cc1. The number of H-pyrrole nitrogens is 1. The Morgan fingerprint density at radius 2 is 1.77 bits per heavy atom. The molecule has 2 aromatic carbocycles. The van der Waals surface area contributed by atoms with Crippen LogP contribution in [-0.2, 0) is 12.3 Å². The fourth-order valence-electron chi connectivity index (χ4n) is 2.36. The molecule has 0 saturated heterocycles. The third-order valence-corrected chi connectivity index (χ3v) is 4.84. The first-order chi connectivity index (χ1) is 12.6. The van der Waals surface area contributed by atoms with Gasteiger partial charge in [-0.1, -0.05) is 36.0 Å². The van der Waals surface area contributed by atoms with Crippen LogP contribution in [-0.4, -0.2) is 35.2 Å². The van der Waals surface area contributed by atoms with Crippen LogP contribution in [0.4, 0.5) is 5.69 Å². The summed E-state index contributed by atoms with van der Waals surface area (Å²) in [6, 6.07) is 15.8. The number of thioether (sulfide) groups is 1. The van der Waals surface area contributed by atoms with Crippen molar-refractivity contribution < 1.29 is 4.79 Å². The molecule has 1 heterocycles. The van der Waals surface area contributed by atoms with Crippen LogP contribution >= 0.6 is 11.8 Å². The van der Waals surface area contributed by atoms with Crippen LogP contribution in [0.1, 0.15) is 21.5 Å². The summed E-state index contributed by atoms with van der Waals surface area (Å²) in [5.41, 5.74) is 3.99. The van der Waals surface area contributed by atoms with Gasteiger partial charge in [-0.25, -0.2) is 4.98 Å². The highest BCUT2D eigenvalue weighted by Gasteiger charge is 2.06. The molecule has 0 radical (unpaired) electrons. The second-order valence-corrected chi connectivity index (χ2v) is 6.98. The van der Waals surface area contributed by atoms with Gasteiger partial charge >= 0.3 is 0 Å². The predicted molar refractivity (Wildman–Crippen MR) is 104 cm³/mol. The van der Waals surface area contributed by atoms with Gasteiger partial charge in [0.1, 0.15) is 6.33 Å². The molecule has 0 saturated carbocycles. The number of amides is 1. The molecule has 0 spiro atoms. The average Bonchev–Trinajstić information content (AvgIpc) is 3.19. The number of carbonyl (C=O) groups is 1. The van der Waals surface area contributed by atoms with Gasteiger partial charge in [-0.15, -0.1) is 0 Å². The normalized spacial score (nSPS) is 10.5. The lowest BCUT2D eigenvalue weighted by atomic mass is 10.1. The lowest BCUT2D eigenvalue weighted by Gasteiger charge is -2.13. The summed E-state index contributed by atoms with van der Waals surface area (Å²) < 4.78 is 0. The third kappa shape index (κ3) is 4.86. The quantitative estimate of drug-likeness (QED) is 0.628. The van der Waals surface area contributed by atoms with Crippen molar-refractivity contribution in [3.8, 4) is 0 Å². The van der Waals surface area contributed by atoms with E-state index in [0.29, 0.717) is 12.1 Å². The summed E-state index contributed by atoms with van der Waals surface area (Å²) in [5.74, 6) is 0.700. The van der Waals surface area contributed by atoms with E-state index in [9.17, 15) is 4.79 Å². The van der Waals surface area contributed by atoms with Crippen molar-refractivity contribution in [2.45, 2.75) is 17.5 Å². The Bertz CT molecular complexity index is 829. The highest BCUT2D eigenvalue weighted by atomic mass is 32.2. The standard InChI is InChI=1S/C19H21N5OS/c1-24(2)17-9-5-14(6-10-17)11-20-18(25)16-7-3-15(4-8-16)12-26-19-21-13-22-23-19/h3-10,13H,11-12H2,1-2H3,(H,20,25)(H,21,22,23). The molecule has 0 aliphatic heterocycles. The molecule has 0 fully saturated rings. The second-order valence-electron chi connectivity index (χ2n) is 6.02. The van der Waals surface area contributed by atoms with Crippen LogP contribution in [0.25, 0.3) is 0 Å². The van der Waals surface area contributed by atoms with Crippen molar-refractivity contribution in [1.29, 1.82) is 0 Å². The van der Waals surface area contributed by atoms with E-state index in [2.05, 4.69) is 20.5 Å². The molecule has 7 heteroatoms. The zero-order chi connectivity index (χ0) is 18.4. The lowest BCUT2D eigenvalue weighted by molar-refractivity contribution is 0.0951. The molecule has 134 valence electrons. The van der Waals surface area contributed by atoms with Crippen LogP contribution in [0.15, 0.2) is 60.0 Å². The average molecular weight is 367 g/mol. The van der Waals surface area contributed by atoms with Gasteiger partial charge in [0.2, 0.25) is 0 Å². The third-order valence-electron chi connectivity index (χ3n) is 3.89. The molecular formula is C19H21N5OS. The first kappa shape index (κ1) is 18.0. The molecule has 3 rings (SSSR count). The zero-order valence-corrected chi connectivity index (χ0v) is 15.6. The van der Waals surface area contributed by atoms with Gasteiger partial charge in [0.05, 0.1) is 0 Å². The number of nitrogens with zero attached hydrogens (tertiary/aromatic N) is 3. The van der Waals surface area contributed by atoms with Gasteiger partial charge < -0.3 is 10.2 Å². The Hall–Kier alpha value is -2.80. The Balaban J connectivity index is 1.51. The highest BCUT2D eigenvalue weighted by molar-refractivity contribution is 7.98. The van der Waals surface area contributed by atoms with E-state index >= 15 is 0 Å². The highest BCUT2D eigenvalue weighted by Crippen LogP contribution is 2.18. The Morgan fingerprint density at radius 1 is 1.08 bits per heavy atom. The van der Waals surface area contributed by atoms with Crippen LogP contribution in [0.2, 0.25) is 0 Å². The zero-order valence-electron chi connectivity index (χ0n) is 14.8. The molecule has 0 aliphatic rings. The number of hydrogen-bond donors (Lipinski definition) is 2. The smallest absolute Gasteiger partial charge is 0.251 e. The summed E-state index contributed by atoms with van der Waals surface area (Å²) in [6.07, 6.45) is 1.49. The van der Waals surface area contributed by atoms with E-state index in [1.807, 2.05) is 67.5 Å². The fourth-order valence-corrected chi connectivity index (χ4v) is 3.10. The molecule has 26 heavy (non-hydrogen) atoms. The van der Waals surface area contributed by atoms with Crippen molar-refractivity contribution in [3.63, 3.8) is 0 Å². The number of aromatic nitrogens is 3. The largest absolute Gasteiger partial charge is 0.378 e. The van der Waals surface area contributed by atoms with E-state index in [1.54, 1.807) is 11.8 Å². The number of carbonyl (C=O) groups excluding carboxylic acids is 1. The monoisotopic (exact) mass is 367 g/mol. The molecule has 0 unspecified atom stereocenters. The Kier molecular flexibility index (Phi) is 5.91. The number of benzene rings is 2. The minimum Gasteiger partial charge on any atom is -0.378 e. The maximum atomic E-state index is 12.3. The van der Waals surface area contributed by atoms with Crippen LogP contribution in [0.5, 0.6) is 0 Å². The number of rotatable bonds is 7. The lowest BCUT2D eigenvalue weighted by Crippen LogP contribution is -2.22. The molecule has 1 aromatic heterocycles. The van der Waals surface area contributed by atoms with E-state index in [4.69, 9.17) is 0 Å². The topological polar surface area (TPSA) is 73.9 Å². The first-order valence-electron chi connectivity index (χ1n) is 8.23. The molecular weight excluding hydrogens is 346 g/mol. The molecule has 0 bridgehead atoms. The van der Waals surface area contributed by atoms with Crippen molar-refractivity contribution in [1.82, 2.24) is 20.5 Å². The summed E-state index contributed by atoms with van der Waals surface area (Å²) in [4.78, 5) is 18.4. The number of aromatic amines is 1. The van der Waals surface area contributed by atoms with Gasteiger partial charge in [-0.05, 0) is 35.4 Å². The second kappa shape index (κ2) is 8.53. The molecule has 1 amide bonds. The summed E-state index contributed by atoms with van der Waals surface area (Å²) in [6.45, 7) is 0.510. The minimum absolute atomic E-state index is 0.0730. The van der Waals surface area contributed by atoms with Crippen molar-refractivity contribution in [2.24, 2.45) is 0 Å². The van der Waals surface area contributed by atoms with Crippen LogP contribution in [0, 0.1) is 0 Å². The number of nitrogens with one attached hydrogen (secondary N) is 2. The van der Waals surface area contributed by atoms with Gasteiger partial charge in [-0.3, -0.25) is 9.89 Å². The summed E-state index contributed by atoms with van der Waals surface area (Å²) >= 11 is 1.57. The van der Waals surface area contributed by atoms with Gasteiger partial charge in [0.25, 0.3) is 5.91 Å². The maximum Gasteiger partial charge on any atom is 0.251 e. The number of anilines is 1. The molecule has 6 nitrogen and oxygen atoms in total. The maximum absolute atomic E-state index is 12.3. The fraction of sp³-hybridized carbons (Fsp3) is 0.211. The number of hydrogen-bond acceptors (Lipinski definition) is 5. The summed E-state index contributed by atoms with van der Waals surface area (Å²) in [7, 11) is 4.01. The van der Waals surface area contributed by atoms with Gasteiger partial charge in [-0.2, -0.15) is 5.10 Å². The van der Waals surface area contributed by atoms with Crippen LogP contribution < -0.4 is 10.2 Å².